The molecule has 0 aromatic carbocycles. The van der Waals surface area contributed by atoms with Crippen molar-refractivity contribution < 1.29 is 0 Å². The van der Waals surface area contributed by atoms with Gasteiger partial charge >= 0.3 is 0 Å². The van der Waals surface area contributed by atoms with E-state index in [1.165, 1.54) is 4.88 Å². The Hall–Kier alpha value is -1.00. The topological polar surface area (TPSA) is 0 Å². The van der Waals surface area contributed by atoms with Gasteiger partial charge < -0.3 is 0 Å². The summed E-state index contributed by atoms with van der Waals surface area (Å²) in [5.41, 5.74) is 0. The lowest BCUT2D eigenvalue weighted by Crippen LogP contribution is -1.66. The molecule has 0 fully saturated rings. The summed E-state index contributed by atoms with van der Waals surface area (Å²) in [5.74, 6) is 0. The minimum Gasteiger partial charge on any atom is -0.149 e. The first-order chi connectivity index (χ1) is 4.93. The largest absolute Gasteiger partial charge is 0.149 e. The van der Waals surface area contributed by atoms with E-state index in [1.54, 1.807) is 11.3 Å². The van der Waals surface area contributed by atoms with Gasteiger partial charge in [0.05, 0.1) is 0 Å². The van der Waals surface area contributed by atoms with Gasteiger partial charge in [0.25, 0.3) is 0 Å². The highest BCUT2D eigenvalue weighted by Crippen LogP contribution is 2.08. The summed E-state index contributed by atoms with van der Waals surface area (Å²) in [6, 6.07) is 4.18. The van der Waals surface area contributed by atoms with Crippen LogP contribution in [0.3, 0.4) is 0 Å². The van der Waals surface area contributed by atoms with E-state index in [4.69, 9.17) is 0 Å². The van der Waals surface area contributed by atoms with E-state index in [9.17, 15) is 0 Å². The molecule has 0 aliphatic heterocycles. The van der Waals surface area contributed by atoms with Gasteiger partial charge in [0.1, 0.15) is 0 Å². The van der Waals surface area contributed by atoms with Crippen LogP contribution >= 0.6 is 11.3 Å². The number of terminal acetylenes is 1. The molecular weight excluding hydrogens is 140 g/mol. The van der Waals surface area contributed by atoms with Crippen LogP contribution in [-0.4, -0.2) is 0 Å². The van der Waals surface area contributed by atoms with Gasteiger partial charge in [-0.25, -0.2) is 0 Å². The molecule has 1 aromatic rings. The fourth-order valence-electron chi connectivity index (χ4n) is 0.571. The van der Waals surface area contributed by atoms with Gasteiger partial charge in [-0.3, -0.25) is 0 Å². The maximum atomic E-state index is 4.00. The molecule has 1 heteroatoms. The highest BCUT2D eigenvalue weighted by atomic mass is 32.1. The molecule has 0 amide bonds. The van der Waals surface area contributed by atoms with Crippen LogP contribution in [0.25, 0.3) is 0 Å². The van der Waals surface area contributed by atoms with E-state index >= 15 is 0 Å². The second-order valence-electron chi connectivity index (χ2n) is 1.57. The minimum absolute atomic E-state index is 1.01. The zero-order chi connectivity index (χ0) is 7.82. The highest BCUT2D eigenvalue weighted by Gasteiger charge is 1.84. The number of hydrogen-bond donors (Lipinski definition) is 0. The third-order valence-corrected chi connectivity index (χ3v) is 1.82. The van der Waals surface area contributed by atoms with Gasteiger partial charge in [0.15, 0.2) is 0 Å². The normalized spacial score (nSPS) is 7.40. The molecule has 0 aliphatic rings. The van der Waals surface area contributed by atoms with Crippen LogP contribution in [0.2, 0.25) is 0 Å². The molecule has 52 valence electrons. The van der Waals surface area contributed by atoms with Crippen LogP contribution < -0.4 is 0 Å². The Morgan fingerprint density at radius 3 is 2.70 bits per heavy atom. The Morgan fingerprint density at radius 2 is 2.30 bits per heavy atom. The first kappa shape index (κ1) is 9.00. The summed E-state index contributed by atoms with van der Waals surface area (Å²) in [6.07, 6.45) is 10.9. The zero-order valence-corrected chi connectivity index (χ0v) is 6.60. The van der Waals surface area contributed by atoms with Crippen molar-refractivity contribution in [2.75, 3.05) is 0 Å². The molecule has 0 saturated carbocycles. The summed E-state index contributed by atoms with van der Waals surface area (Å²) in [4.78, 5) is 1.39. The first-order valence-corrected chi connectivity index (χ1v) is 3.78. The summed E-state index contributed by atoms with van der Waals surface area (Å²) in [6.45, 7) is 3.64. The summed E-state index contributed by atoms with van der Waals surface area (Å²) in [5, 5.41) is 2.08. The van der Waals surface area contributed by atoms with Gasteiger partial charge in [-0.05, 0) is 17.9 Å². The fourth-order valence-corrected chi connectivity index (χ4v) is 1.27. The molecular formula is C9H10S. The summed E-state index contributed by atoms with van der Waals surface area (Å²) in [7, 11) is 0. The van der Waals surface area contributed by atoms with E-state index in [2.05, 4.69) is 36.9 Å². The molecule has 0 saturated heterocycles. The molecule has 1 heterocycles. The molecule has 0 atom stereocenters. The zero-order valence-electron chi connectivity index (χ0n) is 5.79. The van der Waals surface area contributed by atoms with E-state index in [1.807, 2.05) is 6.08 Å². The van der Waals surface area contributed by atoms with Crippen molar-refractivity contribution in [2.24, 2.45) is 0 Å². The molecule has 0 radical (unpaired) electrons. The van der Waals surface area contributed by atoms with Crippen molar-refractivity contribution in [3.8, 4) is 12.8 Å². The Balaban J connectivity index is 0.000000371. The number of hydrogen-bond acceptors (Lipinski definition) is 1. The molecule has 1 aromatic heterocycles. The summed E-state index contributed by atoms with van der Waals surface area (Å²) >= 11 is 1.78. The average molecular weight is 150 g/mol. The molecule has 0 N–H and O–H groups in total. The molecule has 0 unspecified atom stereocenters. The molecule has 0 aliphatic carbocycles. The monoisotopic (exact) mass is 150 g/mol. The lowest BCUT2D eigenvalue weighted by molar-refractivity contribution is 1.36. The van der Waals surface area contributed by atoms with Crippen LogP contribution in [-0.2, 0) is 6.42 Å². The van der Waals surface area contributed by atoms with Crippen molar-refractivity contribution in [3.05, 3.63) is 35.0 Å². The van der Waals surface area contributed by atoms with Crippen LogP contribution in [0.15, 0.2) is 30.2 Å². The predicted octanol–water partition coefficient (Wildman–Crippen LogP) is 2.73. The van der Waals surface area contributed by atoms with Crippen molar-refractivity contribution in [3.63, 3.8) is 0 Å². The number of thiophene rings is 1. The number of rotatable bonds is 2. The second-order valence-corrected chi connectivity index (χ2v) is 2.60. The van der Waals surface area contributed by atoms with Gasteiger partial charge in [0, 0.05) is 4.88 Å². The van der Waals surface area contributed by atoms with Gasteiger partial charge in [-0.15, -0.1) is 30.8 Å². The molecule has 0 nitrogen and oxygen atoms in total. The maximum Gasteiger partial charge on any atom is 0.00827 e. The SMILES string of the molecule is C#C.C=CCc1cccs1. The Bertz CT molecular complexity index is 182. The van der Waals surface area contributed by atoms with Crippen LogP contribution in [0.1, 0.15) is 4.88 Å². The smallest absolute Gasteiger partial charge is 0.00827 e. The highest BCUT2D eigenvalue weighted by molar-refractivity contribution is 7.09. The van der Waals surface area contributed by atoms with E-state index in [-0.39, 0.29) is 0 Å². The molecule has 1 rings (SSSR count). The third kappa shape index (κ3) is 3.11. The lowest BCUT2D eigenvalue weighted by Gasteiger charge is -1.81. The second kappa shape index (κ2) is 6.12. The third-order valence-electron chi connectivity index (χ3n) is 0.926. The quantitative estimate of drug-likeness (QED) is 0.449. The first-order valence-electron chi connectivity index (χ1n) is 2.90. The van der Waals surface area contributed by atoms with Crippen molar-refractivity contribution in [2.45, 2.75) is 6.42 Å². The van der Waals surface area contributed by atoms with Gasteiger partial charge in [-0.1, -0.05) is 12.1 Å². The predicted molar refractivity (Wildman–Crippen MR) is 48.1 cm³/mol. The Labute approximate surface area is 66.2 Å². The lowest BCUT2D eigenvalue weighted by atomic mass is 10.3. The van der Waals surface area contributed by atoms with Crippen LogP contribution in [0, 0.1) is 12.8 Å². The van der Waals surface area contributed by atoms with Crippen molar-refractivity contribution >= 4 is 11.3 Å². The van der Waals surface area contributed by atoms with Gasteiger partial charge in [0.2, 0.25) is 0 Å². The fraction of sp³-hybridized carbons (Fsp3) is 0.111. The molecule has 0 bridgehead atoms. The van der Waals surface area contributed by atoms with E-state index in [0.717, 1.165) is 6.42 Å². The minimum atomic E-state index is 1.01. The van der Waals surface area contributed by atoms with Gasteiger partial charge in [-0.2, -0.15) is 0 Å². The van der Waals surface area contributed by atoms with E-state index in [0.29, 0.717) is 0 Å². The Kier molecular flexibility index (Phi) is 5.51. The standard InChI is InChI=1S/C7H8S.C2H2/c1-2-4-7-5-3-6-8-7;1-2/h2-3,5-6H,1,4H2;1-2H. The van der Waals surface area contributed by atoms with E-state index < -0.39 is 0 Å². The molecule has 0 spiro atoms. The van der Waals surface area contributed by atoms with Crippen molar-refractivity contribution in [1.82, 2.24) is 0 Å². The Morgan fingerprint density at radius 1 is 1.60 bits per heavy atom. The number of allylic oxidation sites excluding steroid dienone is 1. The summed E-state index contributed by atoms with van der Waals surface area (Å²) < 4.78 is 0. The van der Waals surface area contributed by atoms with Crippen molar-refractivity contribution in [1.29, 1.82) is 0 Å². The average Bonchev–Trinajstić information content (AvgIpc) is 2.46. The maximum absolute atomic E-state index is 4.00. The van der Waals surface area contributed by atoms with Crippen LogP contribution in [0.5, 0.6) is 0 Å². The van der Waals surface area contributed by atoms with Crippen LogP contribution in [0.4, 0.5) is 0 Å². The molecule has 10 heavy (non-hydrogen) atoms.